The minimum Gasteiger partial charge on any atom is -0.321 e. The second kappa shape index (κ2) is 8.22. The zero-order chi connectivity index (χ0) is 20.3. The van der Waals surface area contributed by atoms with Crippen molar-refractivity contribution in [3.63, 3.8) is 0 Å². The van der Waals surface area contributed by atoms with E-state index < -0.39 is 6.03 Å². The summed E-state index contributed by atoms with van der Waals surface area (Å²) in [7, 11) is 0. The lowest BCUT2D eigenvalue weighted by Gasteiger charge is -2.09. The highest BCUT2D eigenvalue weighted by molar-refractivity contribution is 7.17. The maximum absolute atomic E-state index is 12.7. The molecule has 0 bridgehead atoms. The molecule has 0 atom stereocenters. The molecule has 0 saturated heterocycles. The number of amides is 3. The highest BCUT2D eigenvalue weighted by Crippen LogP contribution is 2.25. The zero-order valence-electron chi connectivity index (χ0n) is 16.2. The van der Waals surface area contributed by atoms with Crippen molar-refractivity contribution in [3.05, 3.63) is 69.7 Å². The summed E-state index contributed by atoms with van der Waals surface area (Å²) in [5.41, 5.74) is 5.21. The molecule has 28 heavy (non-hydrogen) atoms. The van der Waals surface area contributed by atoms with Gasteiger partial charge < -0.3 is 10.6 Å². The van der Waals surface area contributed by atoms with E-state index in [0.29, 0.717) is 21.4 Å². The van der Waals surface area contributed by atoms with Crippen molar-refractivity contribution in [3.8, 4) is 0 Å². The van der Waals surface area contributed by atoms with Gasteiger partial charge in [0.1, 0.15) is 4.88 Å². The SMILES string of the molecule is Cc1cccc(NC(=O)Nc2nc(C)c(C(=O)Nc3cccc(C)c3C)s2)c1. The highest BCUT2D eigenvalue weighted by Gasteiger charge is 2.17. The van der Waals surface area contributed by atoms with Crippen LogP contribution in [0.2, 0.25) is 0 Å². The van der Waals surface area contributed by atoms with E-state index >= 15 is 0 Å². The first-order valence-electron chi connectivity index (χ1n) is 8.83. The minimum absolute atomic E-state index is 0.240. The van der Waals surface area contributed by atoms with Crippen LogP contribution in [0.15, 0.2) is 42.5 Å². The fraction of sp³-hybridized carbons (Fsp3) is 0.190. The topological polar surface area (TPSA) is 83.1 Å². The molecule has 7 heteroatoms. The molecule has 0 aliphatic heterocycles. The van der Waals surface area contributed by atoms with Crippen LogP contribution in [0.4, 0.5) is 21.3 Å². The van der Waals surface area contributed by atoms with E-state index in [4.69, 9.17) is 0 Å². The maximum atomic E-state index is 12.7. The van der Waals surface area contributed by atoms with Gasteiger partial charge in [0.2, 0.25) is 0 Å². The zero-order valence-corrected chi connectivity index (χ0v) is 17.0. The number of hydrogen-bond donors (Lipinski definition) is 3. The Hall–Kier alpha value is -3.19. The lowest BCUT2D eigenvalue weighted by molar-refractivity contribution is 0.102. The van der Waals surface area contributed by atoms with Crippen molar-refractivity contribution in [2.75, 3.05) is 16.0 Å². The molecule has 3 N–H and O–H groups in total. The summed E-state index contributed by atoms with van der Waals surface area (Å²) < 4.78 is 0. The third kappa shape index (κ3) is 4.55. The van der Waals surface area contributed by atoms with E-state index in [-0.39, 0.29) is 5.91 Å². The molecule has 1 heterocycles. The molecule has 0 radical (unpaired) electrons. The van der Waals surface area contributed by atoms with E-state index in [1.54, 1.807) is 6.92 Å². The Balaban J connectivity index is 1.69. The second-order valence-corrected chi connectivity index (χ2v) is 7.58. The van der Waals surface area contributed by atoms with Crippen LogP contribution in [0.3, 0.4) is 0 Å². The van der Waals surface area contributed by atoms with Crippen LogP contribution in [0.25, 0.3) is 0 Å². The number of thiazole rings is 1. The summed E-state index contributed by atoms with van der Waals surface area (Å²) in [6.45, 7) is 7.66. The Morgan fingerprint density at radius 3 is 2.43 bits per heavy atom. The summed E-state index contributed by atoms with van der Waals surface area (Å²) in [4.78, 5) is 29.6. The van der Waals surface area contributed by atoms with Crippen molar-refractivity contribution in [1.82, 2.24) is 4.98 Å². The van der Waals surface area contributed by atoms with Gasteiger partial charge in [-0.3, -0.25) is 10.1 Å². The van der Waals surface area contributed by atoms with Gasteiger partial charge in [0.15, 0.2) is 5.13 Å². The minimum atomic E-state index is -0.402. The Morgan fingerprint density at radius 2 is 1.68 bits per heavy atom. The molecule has 3 amide bonds. The number of hydrogen-bond acceptors (Lipinski definition) is 4. The summed E-state index contributed by atoms with van der Waals surface area (Å²) in [5.74, 6) is -0.240. The molecule has 1 aromatic heterocycles. The summed E-state index contributed by atoms with van der Waals surface area (Å²) >= 11 is 1.14. The van der Waals surface area contributed by atoms with Crippen molar-refractivity contribution < 1.29 is 9.59 Å². The number of nitrogens with zero attached hydrogens (tertiary/aromatic N) is 1. The van der Waals surface area contributed by atoms with Gasteiger partial charge in [-0.2, -0.15) is 0 Å². The number of urea groups is 1. The Bertz CT molecular complexity index is 1040. The van der Waals surface area contributed by atoms with Crippen LogP contribution in [-0.4, -0.2) is 16.9 Å². The van der Waals surface area contributed by atoms with Gasteiger partial charge in [-0.25, -0.2) is 9.78 Å². The van der Waals surface area contributed by atoms with Gasteiger partial charge in [-0.05, 0) is 62.6 Å². The Morgan fingerprint density at radius 1 is 0.929 bits per heavy atom. The molecule has 144 valence electrons. The number of anilines is 3. The molecular weight excluding hydrogens is 372 g/mol. The maximum Gasteiger partial charge on any atom is 0.325 e. The van der Waals surface area contributed by atoms with Crippen molar-refractivity contribution in [2.24, 2.45) is 0 Å². The van der Waals surface area contributed by atoms with E-state index in [1.165, 1.54) is 0 Å². The highest BCUT2D eigenvalue weighted by atomic mass is 32.1. The predicted molar refractivity (Wildman–Crippen MR) is 115 cm³/mol. The number of carbonyl (C=O) groups excluding carboxylic acids is 2. The van der Waals surface area contributed by atoms with Gasteiger partial charge in [0, 0.05) is 11.4 Å². The number of aromatic nitrogens is 1. The lowest BCUT2D eigenvalue weighted by Crippen LogP contribution is -2.19. The van der Waals surface area contributed by atoms with Crippen molar-refractivity contribution >= 4 is 39.8 Å². The average Bonchev–Trinajstić information content (AvgIpc) is 2.99. The molecular formula is C21H22N4O2S. The summed E-state index contributed by atoms with van der Waals surface area (Å²) in [5, 5.41) is 8.74. The molecule has 3 aromatic rings. The lowest BCUT2D eigenvalue weighted by atomic mass is 10.1. The number of benzene rings is 2. The van der Waals surface area contributed by atoms with Crippen molar-refractivity contribution in [2.45, 2.75) is 27.7 Å². The third-order valence-electron chi connectivity index (χ3n) is 4.35. The van der Waals surface area contributed by atoms with E-state index in [1.807, 2.05) is 63.2 Å². The third-order valence-corrected chi connectivity index (χ3v) is 5.42. The number of aryl methyl sites for hydroxylation is 3. The van der Waals surface area contributed by atoms with Crippen LogP contribution in [-0.2, 0) is 0 Å². The summed E-state index contributed by atoms with van der Waals surface area (Å²) in [6.07, 6.45) is 0. The fourth-order valence-electron chi connectivity index (χ4n) is 2.71. The van der Waals surface area contributed by atoms with Crippen LogP contribution in [0.5, 0.6) is 0 Å². The standard InChI is InChI=1S/C21H22N4O2S/c1-12-7-5-9-16(11-12)23-20(27)25-21-22-15(4)18(28-21)19(26)24-17-10-6-8-13(2)14(17)3/h5-11H,1-4H3,(H,24,26)(H2,22,23,25,27). The smallest absolute Gasteiger partial charge is 0.321 e. The van der Waals surface area contributed by atoms with Gasteiger partial charge in [0.25, 0.3) is 5.91 Å². The van der Waals surface area contributed by atoms with E-state index in [2.05, 4.69) is 20.9 Å². The molecule has 0 aliphatic rings. The molecule has 6 nitrogen and oxygen atoms in total. The second-order valence-electron chi connectivity index (χ2n) is 6.58. The molecule has 2 aromatic carbocycles. The van der Waals surface area contributed by atoms with E-state index in [9.17, 15) is 9.59 Å². The van der Waals surface area contributed by atoms with Crippen LogP contribution in [0.1, 0.15) is 32.1 Å². The van der Waals surface area contributed by atoms with Crippen LogP contribution in [0, 0.1) is 27.7 Å². The van der Waals surface area contributed by atoms with Gasteiger partial charge in [-0.15, -0.1) is 0 Å². The molecule has 0 saturated carbocycles. The molecule has 0 fully saturated rings. The molecule has 3 rings (SSSR count). The normalized spacial score (nSPS) is 10.4. The predicted octanol–water partition coefficient (Wildman–Crippen LogP) is 5.27. The van der Waals surface area contributed by atoms with Crippen LogP contribution >= 0.6 is 11.3 Å². The fourth-order valence-corrected chi connectivity index (χ4v) is 3.57. The first kappa shape index (κ1) is 19.6. The van der Waals surface area contributed by atoms with Gasteiger partial charge in [0.05, 0.1) is 5.69 Å². The van der Waals surface area contributed by atoms with Gasteiger partial charge >= 0.3 is 6.03 Å². The first-order valence-corrected chi connectivity index (χ1v) is 9.65. The molecule has 0 aliphatic carbocycles. The average molecular weight is 395 g/mol. The number of rotatable bonds is 4. The number of nitrogens with one attached hydrogen (secondary N) is 3. The molecule has 0 spiro atoms. The van der Waals surface area contributed by atoms with Crippen LogP contribution < -0.4 is 16.0 Å². The molecule has 0 unspecified atom stereocenters. The summed E-state index contributed by atoms with van der Waals surface area (Å²) in [6, 6.07) is 12.9. The monoisotopic (exact) mass is 394 g/mol. The largest absolute Gasteiger partial charge is 0.325 e. The number of carbonyl (C=O) groups is 2. The quantitative estimate of drug-likeness (QED) is 0.563. The van der Waals surface area contributed by atoms with Crippen molar-refractivity contribution in [1.29, 1.82) is 0 Å². The van der Waals surface area contributed by atoms with Gasteiger partial charge in [-0.1, -0.05) is 35.6 Å². The Labute approximate surface area is 168 Å². The van der Waals surface area contributed by atoms with E-state index in [0.717, 1.165) is 33.7 Å². The Kier molecular flexibility index (Phi) is 5.75. The first-order chi connectivity index (χ1) is 13.3.